The van der Waals surface area contributed by atoms with E-state index in [-0.39, 0.29) is 10.6 Å². The lowest BCUT2D eigenvalue weighted by atomic mass is 10.0. The van der Waals surface area contributed by atoms with Gasteiger partial charge in [-0.15, -0.1) is 0 Å². The van der Waals surface area contributed by atoms with Crippen LogP contribution in [0.1, 0.15) is 23.7 Å². The van der Waals surface area contributed by atoms with Gasteiger partial charge < -0.3 is 0 Å². The van der Waals surface area contributed by atoms with Crippen molar-refractivity contribution in [3.63, 3.8) is 0 Å². The molecule has 2 aromatic heterocycles. The fourth-order valence-electron chi connectivity index (χ4n) is 2.36. The number of fused-ring (bicyclic) bond motifs is 1. The first-order chi connectivity index (χ1) is 10.1. The highest BCUT2D eigenvalue weighted by Gasteiger charge is 2.13. The normalized spacial score (nSPS) is 11.2. The van der Waals surface area contributed by atoms with Crippen molar-refractivity contribution >= 4 is 17.2 Å². The maximum absolute atomic E-state index is 13.5. The van der Waals surface area contributed by atoms with E-state index in [0.29, 0.717) is 29.6 Å². The number of halogens is 2. The summed E-state index contributed by atoms with van der Waals surface area (Å²) in [6.45, 7) is 1.94. The molecule has 0 radical (unpaired) electrons. The first-order valence-corrected chi connectivity index (χ1v) is 6.99. The maximum atomic E-state index is 13.5. The van der Waals surface area contributed by atoms with Crippen LogP contribution in [0.5, 0.6) is 0 Å². The Bertz CT molecular complexity index is 869. The Morgan fingerprint density at radius 2 is 2.19 bits per heavy atom. The Kier molecular flexibility index (Phi) is 3.51. The lowest BCUT2D eigenvalue weighted by molar-refractivity contribution is 0.626. The van der Waals surface area contributed by atoms with E-state index in [2.05, 4.69) is 10.1 Å². The minimum Gasteiger partial charge on any atom is -0.297 e. The van der Waals surface area contributed by atoms with Crippen molar-refractivity contribution in [1.29, 1.82) is 0 Å². The number of hydrogen-bond acceptors (Lipinski definition) is 2. The molecule has 108 valence electrons. The zero-order valence-corrected chi connectivity index (χ0v) is 12.1. The monoisotopic (exact) mass is 305 g/mol. The summed E-state index contributed by atoms with van der Waals surface area (Å²) < 4.78 is 14.9. The van der Waals surface area contributed by atoms with Crippen LogP contribution in [0.3, 0.4) is 0 Å². The van der Waals surface area contributed by atoms with Crippen LogP contribution in [0.2, 0.25) is 5.02 Å². The average molecular weight is 306 g/mol. The van der Waals surface area contributed by atoms with E-state index in [0.717, 1.165) is 5.69 Å². The standard InChI is InChI=1S/C15H13ClFN3O/c1-2-13-10(7-9-3-4-11(16)12(17)8-9)15(21)20-14(19-13)5-6-18-20/h3-6,8,18H,2,7H2,1H3. The van der Waals surface area contributed by atoms with Crippen molar-refractivity contribution in [3.8, 4) is 0 Å². The van der Waals surface area contributed by atoms with Crippen molar-refractivity contribution < 1.29 is 4.39 Å². The first kappa shape index (κ1) is 13.8. The molecular formula is C15H13ClFN3O. The molecule has 0 amide bonds. The summed E-state index contributed by atoms with van der Waals surface area (Å²) in [5.41, 5.74) is 2.42. The third-order valence-corrected chi connectivity index (χ3v) is 3.73. The molecule has 3 rings (SSSR count). The van der Waals surface area contributed by atoms with Gasteiger partial charge in [-0.05, 0) is 24.1 Å². The second kappa shape index (κ2) is 5.33. The first-order valence-electron chi connectivity index (χ1n) is 6.62. The average Bonchev–Trinajstić information content (AvgIpc) is 2.94. The van der Waals surface area contributed by atoms with Gasteiger partial charge in [0.05, 0.1) is 10.7 Å². The summed E-state index contributed by atoms with van der Waals surface area (Å²) in [6, 6.07) is 6.31. The molecule has 0 aliphatic rings. The Labute approximate surface area is 125 Å². The van der Waals surface area contributed by atoms with E-state index < -0.39 is 5.82 Å². The van der Waals surface area contributed by atoms with Crippen LogP contribution in [0.15, 0.2) is 35.3 Å². The molecule has 0 spiro atoms. The number of rotatable bonds is 3. The molecule has 0 aliphatic carbocycles. The van der Waals surface area contributed by atoms with Gasteiger partial charge in [-0.2, -0.15) is 0 Å². The van der Waals surface area contributed by atoms with Crippen LogP contribution in [0.4, 0.5) is 4.39 Å². The van der Waals surface area contributed by atoms with Crippen molar-refractivity contribution in [3.05, 3.63) is 68.5 Å². The lowest BCUT2D eigenvalue weighted by Crippen LogP contribution is -2.23. The molecule has 4 nitrogen and oxygen atoms in total. The molecule has 0 fully saturated rings. The van der Waals surface area contributed by atoms with Gasteiger partial charge in [-0.3, -0.25) is 9.89 Å². The van der Waals surface area contributed by atoms with Gasteiger partial charge in [-0.25, -0.2) is 13.9 Å². The molecule has 0 saturated heterocycles. The van der Waals surface area contributed by atoms with Gasteiger partial charge >= 0.3 is 0 Å². The van der Waals surface area contributed by atoms with Gasteiger partial charge in [0, 0.05) is 24.2 Å². The predicted octanol–water partition coefficient (Wildman–Crippen LogP) is 2.97. The summed E-state index contributed by atoms with van der Waals surface area (Å²) in [6.07, 6.45) is 2.63. The summed E-state index contributed by atoms with van der Waals surface area (Å²) in [5.74, 6) is -0.485. The minimum atomic E-state index is -0.485. The quantitative estimate of drug-likeness (QED) is 0.809. The highest BCUT2D eigenvalue weighted by molar-refractivity contribution is 6.30. The highest BCUT2D eigenvalue weighted by atomic mass is 35.5. The van der Waals surface area contributed by atoms with Gasteiger partial charge in [-0.1, -0.05) is 24.6 Å². The molecule has 0 unspecified atom stereocenters. The Balaban J connectivity index is 2.12. The SMILES string of the molecule is CCc1nc2cc[nH]n2c(=O)c1Cc1ccc(Cl)c(F)c1. The van der Waals surface area contributed by atoms with Gasteiger partial charge in [0.25, 0.3) is 5.56 Å². The smallest absolute Gasteiger partial charge is 0.276 e. The number of nitrogens with one attached hydrogen (secondary N) is 1. The fourth-order valence-corrected chi connectivity index (χ4v) is 2.48. The zero-order chi connectivity index (χ0) is 15.0. The molecule has 2 heterocycles. The Hall–Kier alpha value is -2.14. The molecule has 1 aromatic carbocycles. The van der Waals surface area contributed by atoms with Crippen molar-refractivity contribution in [2.45, 2.75) is 19.8 Å². The van der Waals surface area contributed by atoms with Crippen LogP contribution >= 0.6 is 11.6 Å². The van der Waals surface area contributed by atoms with Crippen LogP contribution < -0.4 is 5.56 Å². The number of hydrogen-bond donors (Lipinski definition) is 1. The molecule has 0 aliphatic heterocycles. The Morgan fingerprint density at radius 3 is 2.90 bits per heavy atom. The second-order valence-corrected chi connectivity index (χ2v) is 5.18. The van der Waals surface area contributed by atoms with Gasteiger partial charge in [0.2, 0.25) is 0 Å². The molecule has 3 aromatic rings. The molecule has 1 N–H and O–H groups in total. The van der Waals surface area contributed by atoms with E-state index in [4.69, 9.17) is 11.6 Å². The van der Waals surface area contributed by atoms with E-state index >= 15 is 0 Å². The van der Waals surface area contributed by atoms with Crippen molar-refractivity contribution in [1.82, 2.24) is 14.6 Å². The minimum absolute atomic E-state index is 0.0733. The number of aryl methyl sites for hydroxylation is 1. The van der Waals surface area contributed by atoms with Crippen LogP contribution in [0.25, 0.3) is 5.65 Å². The molecule has 0 saturated carbocycles. The molecular weight excluding hydrogens is 293 g/mol. The van der Waals surface area contributed by atoms with E-state index in [1.807, 2.05) is 6.92 Å². The Morgan fingerprint density at radius 1 is 1.38 bits per heavy atom. The van der Waals surface area contributed by atoms with Crippen molar-refractivity contribution in [2.24, 2.45) is 0 Å². The van der Waals surface area contributed by atoms with Crippen LogP contribution in [-0.2, 0) is 12.8 Å². The lowest BCUT2D eigenvalue weighted by Gasteiger charge is -2.08. The van der Waals surface area contributed by atoms with Gasteiger partial charge in [0.1, 0.15) is 5.82 Å². The molecule has 0 bridgehead atoms. The van der Waals surface area contributed by atoms with E-state index in [1.165, 1.54) is 16.6 Å². The van der Waals surface area contributed by atoms with Crippen LogP contribution in [-0.4, -0.2) is 14.6 Å². The molecule has 0 atom stereocenters. The maximum Gasteiger partial charge on any atom is 0.276 e. The zero-order valence-electron chi connectivity index (χ0n) is 11.4. The third-order valence-electron chi connectivity index (χ3n) is 3.42. The highest BCUT2D eigenvalue weighted by Crippen LogP contribution is 2.18. The fraction of sp³-hybridized carbons (Fsp3) is 0.200. The molecule has 21 heavy (non-hydrogen) atoms. The van der Waals surface area contributed by atoms with Crippen LogP contribution in [0, 0.1) is 5.82 Å². The summed E-state index contributed by atoms with van der Waals surface area (Å²) >= 11 is 5.68. The topological polar surface area (TPSA) is 50.2 Å². The number of H-pyrrole nitrogens is 1. The largest absolute Gasteiger partial charge is 0.297 e. The number of aromatic nitrogens is 3. The predicted molar refractivity (Wildman–Crippen MR) is 79.4 cm³/mol. The van der Waals surface area contributed by atoms with Crippen molar-refractivity contribution in [2.75, 3.05) is 0 Å². The summed E-state index contributed by atoms with van der Waals surface area (Å²) in [5, 5.41) is 2.91. The molecule has 6 heteroatoms. The third kappa shape index (κ3) is 2.45. The van der Waals surface area contributed by atoms with E-state index in [9.17, 15) is 9.18 Å². The summed E-state index contributed by atoms with van der Waals surface area (Å²) in [7, 11) is 0. The number of aromatic amines is 1. The second-order valence-electron chi connectivity index (χ2n) is 4.78. The van der Waals surface area contributed by atoms with Gasteiger partial charge in [0.15, 0.2) is 5.65 Å². The number of benzene rings is 1. The summed E-state index contributed by atoms with van der Waals surface area (Å²) in [4.78, 5) is 17.0. The number of nitrogens with zero attached hydrogens (tertiary/aromatic N) is 2. The van der Waals surface area contributed by atoms with E-state index in [1.54, 1.807) is 18.3 Å².